The Morgan fingerprint density at radius 3 is 2.92 bits per heavy atom. The van der Waals surface area contributed by atoms with E-state index in [0.717, 1.165) is 29.2 Å². The van der Waals surface area contributed by atoms with Crippen LogP contribution < -0.4 is 10.6 Å². The largest absolute Gasteiger partial charge is 0.344 e. The van der Waals surface area contributed by atoms with Crippen molar-refractivity contribution >= 4 is 17.2 Å². The molecule has 0 saturated carbocycles. The van der Waals surface area contributed by atoms with Gasteiger partial charge in [-0.3, -0.25) is 9.48 Å². The molecule has 2 aromatic heterocycles. The van der Waals surface area contributed by atoms with Gasteiger partial charge in [0.2, 0.25) is 5.91 Å². The number of hydrogen-bond donors (Lipinski definition) is 2. The van der Waals surface area contributed by atoms with E-state index in [1.165, 1.54) is 0 Å². The predicted octanol–water partition coefficient (Wildman–Crippen LogP) is 1.93. The summed E-state index contributed by atoms with van der Waals surface area (Å²) in [5.41, 5.74) is 1.70. The van der Waals surface area contributed by atoms with Crippen LogP contribution in [0.5, 0.6) is 0 Å². The topological polar surface area (TPSA) is 71.8 Å². The second-order valence-electron chi connectivity index (χ2n) is 6.79. The average molecular weight is 347 g/mol. The fourth-order valence-corrected chi connectivity index (χ4v) is 4.19. The Balaban J connectivity index is 1.77. The lowest BCUT2D eigenvalue weighted by Gasteiger charge is -2.30. The van der Waals surface area contributed by atoms with Crippen molar-refractivity contribution in [2.24, 2.45) is 13.0 Å². The highest BCUT2D eigenvalue weighted by Crippen LogP contribution is 2.31. The summed E-state index contributed by atoms with van der Waals surface area (Å²) in [6, 6.07) is 0. The monoisotopic (exact) mass is 347 g/mol. The summed E-state index contributed by atoms with van der Waals surface area (Å²) < 4.78 is 1.79. The zero-order valence-electron chi connectivity index (χ0n) is 14.7. The van der Waals surface area contributed by atoms with Gasteiger partial charge in [-0.25, -0.2) is 4.98 Å². The van der Waals surface area contributed by atoms with Gasteiger partial charge in [0.25, 0.3) is 0 Å². The highest BCUT2D eigenvalue weighted by molar-refractivity contribution is 7.09. The molecule has 3 rings (SSSR count). The molecule has 7 heteroatoms. The highest BCUT2D eigenvalue weighted by atomic mass is 32.1. The number of carbonyl (C=O) groups is 1. The van der Waals surface area contributed by atoms with Crippen molar-refractivity contribution in [3.8, 4) is 0 Å². The number of thiazole rings is 1. The quantitative estimate of drug-likeness (QED) is 0.867. The fourth-order valence-electron chi connectivity index (χ4n) is 3.20. The molecule has 1 aliphatic rings. The lowest BCUT2D eigenvalue weighted by molar-refractivity contribution is -0.126. The molecule has 130 valence electrons. The van der Waals surface area contributed by atoms with Gasteiger partial charge in [0.1, 0.15) is 5.01 Å². The van der Waals surface area contributed by atoms with Crippen molar-refractivity contribution in [1.29, 1.82) is 0 Å². The minimum atomic E-state index is -0.419. The molecule has 0 aliphatic carbocycles. The first-order chi connectivity index (χ1) is 11.4. The zero-order chi connectivity index (χ0) is 17.3. The van der Waals surface area contributed by atoms with Crippen LogP contribution in [0.25, 0.3) is 0 Å². The average Bonchev–Trinajstić information content (AvgIpc) is 3.26. The molecule has 0 spiro atoms. The van der Waals surface area contributed by atoms with Gasteiger partial charge in [0.15, 0.2) is 0 Å². The molecule has 1 saturated heterocycles. The Morgan fingerprint density at radius 2 is 2.33 bits per heavy atom. The maximum atomic E-state index is 13.0. The summed E-state index contributed by atoms with van der Waals surface area (Å²) in [5, 5.41) is 13.9. The lowest BCUT2D eigenvalue weighted by atomic mass is 9.89. The lowest BCUT2D eigenvalue weighted by Crippen LogP contribution is -2.47. The number of aromatic nitrogens is 3. The summed E-state index contributed by atoms with van der Waals surface area (Å²) in [6.07, 6.45) is 4.67. The number of aryl methyl sites for hydroxylation is 2. The summed E-state index contributed by atoms with van der Waals surface area (Å²) >= 11 is 1.61. The van der Waals surface area contributed by atoms with Crippen LogP contribution in [0.3, 0.4) is 0 Å². The molecular weight excluding hydrogens is 322 g/mol. The second-order valence-corrected chi connectivity index (χ2v) is 7.65. The number of rotatable bonds is 5. The Kier molecular flexibility index (Phi) is 4.73. The summed E-state index contributed by atoms with van der Waals surface area (Å²) in [4.78, 5) is 17.6. The molecule has 3 heterocycles. The van der Waals surface area contributed by atoms with E-state index in [2.05, 4.69) is 34.6 Å². The van der Waals surface area contributed by atoms with Crippen LogP contribution >= 0.6 is 11.3 Å². The molecule has 2 aromatic rings. The first-order valence-corrected chi connectivity index (χ1v) is 9.25. The van der Waals surface area contributed by atoms with Crippen LogP contribution in [0.4, 0.5) is 0 Å². The number of nitrogens with zero attached hydrogens (tertiary/aromatic N) is 3. The summed E-state index contributed by atoms with van der Waals surface area (Å²) in [7, 11) is 1.90. The molecule has 3 atom stereocenters. The fraction of sp³-hybridized carbons (Fsp3) is 0.588. The molecule has 1 aliphatic heterocycles. The molecule has 24 heavy (non-hydrogen) atoms. The molecule has 2 N–H and O–H groups in total. The number of hydrogen-bond acceptors (Lipinski definition) is 5. The number of amides is 1. The van der Waals surface area contributed by atoms with Crippen LogP contribution in [-0.4, -0.2) is 33.8 Å². The maximum absolute atomic E-state index is 13.0. The van der Waals surface area contributed by atoms with E-state index in [4.69, 9.17) is 0 Å². The van der Waals surface area contributed by atoms with Crippen molar-refractivity contribution in [2.75, 3.05) is 13.1 Å². The first-order valence-electron chi connectivity index (χ1n) is 8.37. The summed E-state index contributed by atoms with van der Waals surface area (Å²) in [6.45, 7) is 7.63. The van der Waals surface area contributed by atoms with Crippen molar-refractivity contribution in [3.05, 3.63) is 34.0 Å². The SMILES string of the molecule is CCC(C)(NC(=O)[C@H]1CNC[C@@H]1c1cnn(C)c1)c1nc(C)cs1. The van der Waals surface area contributed by atoms with Gasteiger partial charge >= 0.3 is 0 Å². The van der Waals surface area contributed by atoms with E-state index in [0.29, 0.717) is 6.54 Å². The van der Waals surface area contributed by atoms with Crippen LogP contribution in [0, 0.1) is 12.8 Å². The molecule has 1 fully saturated rings. The zero-order valence-corrected chi connectivity index (χ0v) is 15.5. The third-order valence-corrected chi connectivity index (χ3v) is 6.13. The van der Waals surface area contributed by atoms with E-state index < -0.39 is 5.54 Å². The first kappa shape index (κ1) is 17.1. The molecular formula is C17H25N5OS. The van der Waals surface area contributed by atoms with Crippen LogP contribution in [0.1, 0.15) is 42.5 Å². The molecule has 1 amide bonds. The van der Waals surface area contributed by atoms with Crippen LogP contribution in [-0.2, 0) is 17.4 Å². The van der Waals surface area contributed by atoms with Gasteiger partial charge < -0.3 is 10.6 Å². The Labute approximate surface area is 146 Å². The van der Waals surface area contributed by atoms with Gasteiger partial charge in [0.05, 0.1) is 17.7 Å². The number of nitrogens with one attached hydrogen (secondary N) is 2. The maximum Gasteiger partial charge on any atom is 0.225 e. The van der Waals surface area contributed by atoms with Crippen molar-refractivity contribution < 1.29 is 4.79 Å². The number of carbonyl (C=O) groups excluding carboxylic acids is 1. The minimum absolute atomic E-state index is 0.0823. The minimum Gasteiger partial charge on any atom is -0.344 e. The second kappa shape index (κ2) is 6.64. The Morgan fingerprint density at radius 1 is 1.54 bits per heavy atom. The van der Waals surface area contributed by atoms with Gasteiger partial charge in [-0.1, -0.05) is 6.92 Å². The van der Waals surface area contributed by atoms with Crippen molar-refractivity contribution in [1.82, 2.24) is 25.4 Å². The normalized spacial score (nSPS) is 23.2. The van der Waals surface area contributed by atoms with Crippen LogP contribution in [0.2, 0.25) is 0 Å². The molecule has 0 radical (unpaired) electrons. The third kappa shape index (κ3) is 3.23. The molecule has 0 aromatic carbocycles. The molecule has 0 bridgehead atoms. The van der Waals surface area contributed by atoms with E-state index in [1.54, 1.807) is 16.0 Å². The van der Waals surface area contributed by atoms with E-state index in [-0.39, 0.29) is 17.7 Å². The smallest absolute Gasteiger partial charge is 0.225 e. The Bertz CT molecular complexity index is 724. The van der Waals surface area contributed by atoms with Crippen molar-refractivity contribution in [3.63, 3.8) is 0 Å². The van der Waals surface area contributed by atoms with E-state index in [1.807, 2.05) is 31.7 Å². The molecule has 6 nitrogen and oxygen atoms in total. The third-order valence-electron chi connectivity index (χ3n) is 4.90. The van der Waals surface area contributed by atoms with Crippen molar-refractivity contribution in [2.45, 2.75) is 38.6 Å². The van der Waals surface area contributed by atoms with E-state index >= 15 is 0 Å². The van der Waals surface area contributed by atoms with Gasteiger partial charge in [-0.15, -0.1) is 11.3 Å². The van der Waals surface area contributed by atoms with E-state index in [9.17, 15) is 4.79 Å². The van der Waals surface area contributed by atoms with Gasteiger partial charge in [-0.05, 0) is 25.8 Å². The molecule has 1 unspecified atom stereocenters. The highest BCUT2D eigenvalue weighted by Gasteiger charge is 2.38. The van der Waals surface area contributed by atoms with Gasteiger partial charge in [0, 0.05) is 43.3 Å². The predicted molar refractivity (Wildman–Crippen MR) is 94.9 cm³/mol. The standard InChI is InChI=1S/C17H25N5OS/c1-5-17(3,16-20-11(2)10-24-16)21-15(23)14-8-18-7-13(14)12-6-19-22(4)9-12/h6,9-10,13-14,18H,5,7-8H2,1-4H3,(H,21,23)/t13-,14+,17?/m1/s1. The van der Waals surface area contributed by atoms with Gasteiger partial charge in [-0.2, -0.15) is 5.10 Å². The van der Waals surface area contributed by atoms with Crippen LogP contribution in [0.15, 0.2) is 17.8 Å². The Hall–Kier alpha value is -1.73. The summed E-state index contributed by atoms with van der Waals surface area (Å²) in [5.74, 6) is 0.171.